The Morgan fingerprint density at radius 2 is 2.04 bits per heavy atom. The predicted molar refractivity (Wildman–Crippen MR) is 101 cm³/mol. The van der Waals surface area contributed by atoms with Crippen LogP contribution in [0.5, 0.6) is 5.75 Å². The molecule has 0 spiro atoms. The fourth-order valence-corrected chi connectivity index (χ4v) is 3.50. The summed E-state index contributed by atoms with van der Waals surface area (Å²) in [6.07, 6.45) is 4.73. The van der Waals surface area contributed by atoms with E-state index >= 15 is 0 Å². The van der Waals surface area contributed by atoms with Gasteiger partial charge in [0.15, 0.2) is 0 Å². The zero-order chi connectivity index (χ0) is 17.9. The molecular formula is C19H28N2O3S. The Morgan fingerprint density at radius 1 is 1.24 bits per heavy atom. The fourth-order valence-electron chi connectivity index (χ4n) is 2.77. The number of ether oxygens (including phenoxy) is 1. The van der Waals surface area contributed by atoms with E-state index in [1.54, 1.807) is 0 Å². The number of benzene rings is 1. The lowest BCUT2D eigenvalue weighted by Crippen LogP contribution is -2.34. The third-order valence-corrected chi connectivity index (χ3v) is 5.12. The third kappa shape index (κ3) is 7.38. The molecule has 0 aromatic heterocycles. The van der Waals surface area contributed by atoms with Crippen LogP contribution in [0.15, 0.2) is 29.2 Å². The van der Waals surface area contributed by atoms with E-state index < -0.39 is 0 Å². The average Bonchev–Trinajstić information content (AvgIpc) is 2.83. The highest BCUT2D eigenvalue weighted by atomic mass is 32.2. The highest BCUT2D eigenvalue weighted by molar-refractivity contribution is 8.00. The molecule has 1 heterocycles. The van der Waals surface area contributed by atoms with Crippen LogP contribution in [0.3, 0.4) is 0 Å². The van der Waals surface area contributed by atoms with Crippen molar-refractivity contribution in [3.8, 4) is 5.75 Å². The SMILES string of the molecule is CCOc1ccc(SCC(=O)NCCCN2CCCCCC2=O)cc1. The number of thioether (sulfide) groups is 1. The van der Waals surface area contributed by atoms with Gasteiger partial charge in [-0.2, -0.15) is 0 Å². The van der Waals surface area contributed by atoms with E-state index in [1.165, 1.54) is 11.8 Å². The van der Waals surface area contributed by atoms with Crippen molar-refractivity contribution in [1.82, 2.24) is 10.2 Å². The molecule has 138 valence electrons. The standard InChI is InChI=1S/C19H28N2O3S/c1-2-24-16-8-10-17(11-9-16)25-15-18(22)20-12-6-14-21-13-5-3-4-7-19(21)23/h8-11H,2-7,12-15H2,1H3,(H,20,22). The molecule has 1 fully saturated rings. The molecule has 1 aromatic carbocycles. The molecule has 5 nitrogen and oxygen atoms in total. The van der Waals surface area contributed by atoms with Gasteiger partial charge in [-0.25, -0.2) is 0 Å². The van der Waals surface area contributed by atoms with Gasteiger partial charge in [-0.05, 0) is 50.5 Å². The topological polar surface area (TPSA) is 58.6 Å². The summed E-state index contributed by atoms with van der Waals surface area (Å²) >= 11 is 1.51. The van der Waals surface area contributed by atoms with Gasteiger partial charge < -0.3 is 15.0 Å². The molecule has 25 heavy (non-hydrogen) atoms. The van der Waals surface area contributed by atoms with E-state index in [-0.39, 0.29) is 11.8 Å². The maximum Gasteiger partial charge on any atom is 0.230 e. The minimum atomic E-state index is 0.0288. The summed E-state index contributed by atoms with van der Waals surface area (Å²) < 4.78 is 5.40. The summed E-state index contributed by atoms with van der Waals surface area (Å²) in [6.45, 7) is 4.83. The first-order valence-corrected chi connectivity index (χ1v) is 10.1. The van der Waals surface area contributed by atoms with Crippen LogP contribution in [0.2, 0.25) is 0 Å². The Kier molecular flexibility index (Phi) is 8.66. The first kappa shape index (κ1) is 19.6. The van der Waals surface area contributed by atoms with Crippen LogP contribution in [0, 0.1) is 0 Å². The molecule has 0 bridgehead atoms. The number of nitrogens with one attached hydrogen (secondary N) is 1. The van der Waals surface area contributed by atoms with Gasteiger partial charge in [-0.3, -0.25) is 9.59 Å². The van der Waals surface area contributed by atoms with Crippen molar-refractivity contribution in [1.29, 1.82) is 0 Å². The molecule has 1 N–H and O–H groups in total. The zero-order valence-corrected chi connectivity index (χ0v) is 15.8. The number of carbonyl (C=O) groups excluding carboxylic acids is 2. The molecule has 0 saturated carbocycles. The number of likely N-dealkylation sites (tertiary alicyclic amines) is 1. The lowest BCUT2D eigenvalue weighted by atomic mass is 10.2. The Balaban J connectivity index is 1.59. The van der Waals surface area contributed by atoms with Crippen molar-refractivity contribution >= 4 is 23.6 Å². The molecule has 1 aromatic rings. The zero-order valence-electron chi connectivity index (χ0n) is 15.0. The Hall–Kier alpha value is -1.69. The molecule has 0 aliphatic carbocycles. The minimum absolute atomic E-state index is 0.0288. The molecule has 2 amide bonds. The second-order valence-corrected chi connectivity index (χ2v) is 7.14. The summed E-state index contributed by atoms with van der Waals surface area (Å²) in [5.41, 5.74) is 0. The predicted octanol–water partition coefficient (Wildman–Crippen LogP) is 3.09. The minimum Gasteiger partial charge on any atom is -0.494 e. The largest absolute Gasteiger partial charge is 0.494 e. The first-order chi connectivity index (χ1) is 12.2. The smallest absolute Gasteiger partial charge is 0.230 e. The number of carbonyl (C=O) groups is 2. The summed E-state index contributed by atoms with van der Waals surface area (Å²) in [4.78, 5) is 26.8. The number of hydrogen-bond donors (Lipinski definition) is 1. The quantitative estimate of drug-likeness (QED) is 0.540. The third-order valence-electron chi connectivity index (χ3n) is 4.10. The van der Waals surface area contributed by atoms with Gasteiger partial charge in [0.25, 0.3) is 0 Å². The van der Waals surface area contributed by atoms with Crippen molar-refractivity contribution in [3.63, 3.8) is 0 Å². The van der Waals surface area contributed by atoms with Gasteiger partial charge in [0.05, 0.1) is 12.4 Å². The molecular weight excluding hydrogens is 336 g/mol. The summed E-state index contributed by atoms with van der Waals surface area (Å²) in [5, 5.41) is 2.93. The van der Waals surface area contributed by atoms with Crippen LogP contribution in [0.25, 0.3) is 0 Å². The highest BCUT2D eigenvalue weighted by Crippen LogP contribution is 2.21. The molecule has 1 saturated heterocycles. The van der Waals surface area contributed by atoms with E-state index in [0.29, 0.717) is 25.3 Å². The summed E-state index contributed by atoms with van der Waals surface area (Å²) in [7, 11) is 0. The van der Waals surface area contributed by atoms with E-state index in [1.807, 2.05) is 36.1 Å². The monoisotopic (exact) mass is 364 g/mol. The molecule has 0 radical (unpaired) electrons. The second-order valence-electron chi connectivity index (χ2n) is 6.09. The second kappa shape index (κ2) is 11.0. The Morgan fingerprint density at radius 3 is 2.80 bits per heavy atom. The Labute approximate surface area is 154 Å². The van der Waals surface area contributed by atoms with Crippen LogP contribution in [-0.2, 0) is 9.59 Å². The van der Waals surface area contributed by atoms with Gasteiger partial charge in [-0.1, -0.05) is 6.42 Å². The maximum absolute atomic E-state index is 11.9. The lowest BCUT2D eigenvalue weighted by Gasteiger charge is -2.20. The number of rotatable bonds is 9. The molecule has 2 rings (SSSR count). The van der Waals surface area contributed by atoms with E-state index in [4.69, 9.17) is 4.74 Å². The summed E-state index contributed by atoms with van der Waals surface area (Å²) in [5.74, 6) is 1.53. The van der Waals surface area contributed by atoms with Crippen molar-refractivity contribution < 1.29 is 14.3 Å². The van der Waals surface area contributed by atoms with Crippen LogP contribution in [0.4, 0.5) is 0 Å². The van der Waals surface area contributed by atoms with Crippen LogP contribution < -0.4 is 10.1 Å². The van der Waals surface area contributed by atoms with Crippen molar-refractivity contribution in [2.45, 2.75) is 43.9 Å². The summed E-state index contributed by atoms with van der Waals surface area (Å²) in [6, 6.07) is 7.77. The molecule has 1 aliphatic rings. The maximum atomic E-state index is 11.9. The van der Waals surface area contributed by atoms with Crippen molar-refractivity contribution in [2.75, 3.05) is 32.0 Å². The van der Waals surface area contributed by atoms with Crippen LogP contribution >= 0.6 is 11.8 Å². The van der Waals surface area contributed by atoms with E-state index in [0.717, 1.165) is 49.4 Å². The van der Waals surface area contributed by atoms with E-state index in [2.05, 4.69) is 5.32 Å². The molecule has 6 heteroatoms. The number of hydrogen-bond acceptors (Lipinski definition) is 4. The van der Waals surface area contributed by atoms with Gasteiger partial charge in [0.1, 0.15) is 5.75 Å². The lowest BCUT2D eigenvalue weighted by molar-refractivity contribution is -0.130. The number of amides is 2. The van der Waals surface area contributed by atoms with Crippen molar-refractivity contribution in [3.05, 3.63) is 24.3 Å². The van der Waals surface area contributed by atoms with Gasteiger partial charge >= 0.3 is 0 Å². The molecule has 0 atom stereocenters. The molecule has 1 aliphatic heterocycles. The van der Waals surface area contributed by atoms with E-state index in [9.17, 15) is 9.59 Å². The average molecular weight is 365 g/mol. The van der Waals surface area contributed by atoms with Crippen LogP contribution in [0.1, 0.15) is 39.0 Å². The van der Waals surface area contributed by atoms with Gasteiger partial charge in [0, 0.05) is 31.0 Å². The van der Waals surface area contributed by atoms with Crippen molar-refractivity contribution in [2.24, 2.45) is 0 Å². The number of nitrogens with zero attached hydrogens (tertiary/aromatic N) is 1. The van der Waals surface area contributed by atoms with Crippen LogP contribution in [-0.4, -0.2) is 48.7 Å². The fraction of sp³-hybridized carbons (Fsp3) is 0.579. The van der Waals surface area contributed by atoms with Gasteiger partial charge in [0.2, 0.25) is 11.8 Å². The molecule has 0 unspecified atom stereocenters. The Bertz CT molecular complexity index is 548. The van der Waals surface area contributed by atoms with Gasteiger partial charge in [-0.15, -0.1) is 11.8 Å². The normalized spacial score (nSPS) is 14.9. The first-order valence-electron chi connectivity index (χ1n) is 9.09. The highest BCUT2D eigenvalue weighted by Gasteiger charge is 2.15.